The smallest absolute Gasteiger partial charge is 0.230 e. The number of hydrogen-bond acceptors (Lipinski definition) is 6. The Morgan fingerprint density at radius 1 is 1.11 bits per heavy atom. The highest BCUT2D eigenvalue weighted by molar-refractivity contribution is 7.13. The van der Waals surface area contributed by atoms with Gasteiger partial charge in [-0.1, -0.05) is 19.1 Å². The van der Waals surface area contributed by atoms with E-state index in [4.69, 9.17) is 9.47 Å². The van der Waals surface area contributed by atoms with Gasteiger partial charge in [0.25, 0.3) is 0 Å². The molecule has 0 radical (unpaired) electrons. The zero-order chi connectivity index (χ0) is 19.9. The first-order chi connectivity index (χ1) is 13.6. The van der Waals surface area contributed by atoms with Crippen molar-refractivity contribution in [3.63, 3.8) is 0 Å². The molecular weight excluding hydrogens is 374 g/mol. The standard InChI is InChI=1S/C21H23N3O3S/c1-4-14-5-7-15(8-6-14)22-21-23-16(13-28-21)11-20(25)24-18-12-17(26-2)9-10-19(18)27-3/h5-10,12-13H,4,11H2,1-3H3,(H,22,23)(H,24,25). The number of nitrogens with zero attached hydrogens (tertiary/aromatic N) is 1. The summed E-state index contributed by atoms with van der Waals surface area (Å²) in [5.41, 5.74) is 3.53. The average Bonchev–Trinajstić information content (AvgIpc) is 3.15. The summed E-state index contributed by atoms with van der Waals surface area (Å²) in [4.78, 5) is 16.9. The molecule has 1 heterocycles. The van der Waals surface area contributed by atoms with Crippen LogP contribution in [0, 0.1) is 0 Å². The Balaban J connectivity index is 1.62. The molecule has 0 spiro atoms. The van der Waals surface area contributed by atoms with Crippen LogP contribution in [0.1, 0.15) is 18.2 Å². The number of amides is 1. The third-order valence-corrected chi connectivity index (χ3v) is 4.99. The van der Waals surface area contributed by atoms with Crippen LogP contribution in [0.5, 0.6) is 11.5 Å². The number of thiazole rings is 1. The van der Waals surface area contributed by atoms with Crippen molar-refractivity contribution in [2.45, 2.75) is 19.8 Å². The molecule has 0 saturated carbocycles. The summed E-state index contributed by atoms with van der Waals surface area (Å²) >= 11 is 1.47. The van der Waals surface area contributed by atoms with Crippen molar-refractivity contribution in [1.82, 2.24) is 4.98 Å². The van der Waals surface area contributed by atoms with Gasteiger partial charge in [0.05, 0.1) is 32.0 Å². The number of hydrogen-bond donors (Lipinski definition) is 2. The molecule has 2 N–H and O–H groups in total. The Hall–Kier alpha value is -3.06. The van der Waals surface area contributed by atoms with Crippen molar-refractivity contribution in [3.05, 3.63) is 59.1 Å². The number of carbonyl (C=O) groups excluding carboxylic acids is 1. The van der Waals surface area contributed by atoms with E-state index < -0.39 is 0 Å². The van der Waals surface area contributed by atoms with Crippen LogP contribution in [0.4, 0.5) is 16.5 Å². The number of nitrogens with one attached hydrogen (secondary N) is 2. The highest BCUT2D eigenvalue weighted by Crippen LogP contribution is 2.29. The SMILES string of the molecule is CCc1ccc(Nc2nc(CC(=O)Nc3cc(OC)ccc3OC)cs2)cc1. The third-order valence-electron chi connectivity index (χ3n) is 4.19. The molecule has 0 atom stereocenters. The highest BCUT2D eigenvalue weighted by Gasteiger charge is 2.12. The van der Waals surface area contributed by atoms with E-state index in [1.54, 1.807) is 32.4 Å². The topological polar surface area (TPSA) is 72.5 Å². The van der Waals surface area contributed by atoms with Crippen molar-refractivity contribution < 1.29 is 14.3 Å². The van der Waals surface area contributed by atoms with Gasteiger partial charge in [-0.2, -0.15) is 0 Å². The quantitative estimate of drug-likeness (QED) is 0.579. The fourth-order valence-corrected chi connectivity index (χ4v) is 3.39. The van der Waals surface area contributed by atoms with Gasteiger partial charge >= 0.3 is 0 Å². The maximum atomic E-state index is 12.4. The predicted octanol–water partition coefficient (Wildman–Crippen LogP) is 4.65. The first kappa shape index (κ1) is 19.7. The van der Waals surface area contributed by atoms with Crippen molar-refractivity contribution in [2.24, 2.45) is 0 Å². The van der Waals surface area contributed by atoms with E-state index in [9.17, 15) is 4.79 Å². The number of aryl methyl sites for hydroxylation is 1. The summed E-state index contributed by atoms with van der Waals surface area (Å²) in [6.07, 6.45) is 1.18. The largest absolute Gasteiger partial charge is 0.497 e. The molecule has 1 aromatic heterocycles. The van der Waals surface area contributed by atoms with E-state index in [2.05, 4.69) is 34.7 Å². The van der Waals surface area contributed by atoms with Crippen LogP contribution in [0.15, 0.2) is 47.8 Å². The number of methoxy groups -OCH3 is 2. The first-order valence-corrected chi connectivity index (χ1v) is 9.81. The summed E-state index contributed by atoms with van der Waals surface area (Å²) < 4.78 is 10.5. The van der Waals surface area contributed by atoms with Gasteiger partial charge in [-0.05, 0) is 36.2 Å². The summed E-state index contributed by atoms with van der Waals surface area (Å²) in [7, 11) is 3.13. The van der Waals surface area contributed by atoms with Crippen molar-refractivity contribution in [2.75, 3.05) is 24.9 Å². The van der Waals surface area contributed by atoms with Gasteiger partial charge in [0.2, 0.25) is 5.91 Å². The molecule has 0 saturated heterocycles. The minimum atomic E-state index is -0.171. The second kappa shape index (κ2) is 9.23. The van der Waals surface area contributed by atoms with Crippen LogP contribution in [0.3, 0.4) is 0 Å². The summed E-state index contributed by atoms with van der Waals surface area (Å²) in [6.45, 7) is 2.13. The van der Waals surface area contributed by atoms with Crippen LogP contribution in [0.2, 0.25) is 0 Å². The lowest BCUT2D eigenvalue weighted by Crippen LogP contribution is -2.15. The van der Waals surface area contributed by atoms with Crippen LogP contribution in [-0.4, -0.2) is 25.1 Å². The molecule has 0 aliphatic carbocycles. The van der Waals surface area contributed by atoms with Crippen LogP contribution in [-0.2, 0) is 17.6 Å². The Labute approximate surface area is 168 Å². The van der Waals surface area contributed by atoms with E-state index in [0.717, 1.165) is 17.2 Å². The van der Waals surface area contributed by atoms with Gasteiger partial charge in [0.1, 0.15) is 11.5 Å². The Bertz CT molecular complexity index is 938. The molecule has 28 heavy (non-hydrogen) atoms. The molecule has 6 nitrogen and oxygen atoms in total. The number of anilines is 3. The van der Waals surface area contributed by atoms with Crippen LogP contribution < -0.4 is 20.1 Å². The molecule has 0 aliphatic rings. The molecular formula is C21H23N3O3S. The molecule has 0 aliphatic heterocycles. The number of ether oxygens (including phenoxy) is 2. The number of rotatable bonds is 8. The van der Waals surface area contributed by atoms with E-state index in [-0.39, 0.29) is 12.3 Å². The molecule has 0 fully saturated rings. The molecule has 7 heteroatoms. The zero-order valence-electron chi connectivity index (χ0n) is 16.1. The molecule has 0 bridgehead atoms. The zero-order valence-corrected chi connectivity index (χ0v) is 16.9. The molecule has 146 valence electrons. The van der Waals surface area contributed by atoms with E-state index in [0.29, 0.717) is 22.9 Å². The normalized spacial score (nSPS) is 10.4. The summed E-state index contributed by atoms with van der Waals surface area (Å²) in [5, 5.41) is 8.76. The lowest BCUT2D eigenvalue weighted by Gasteiger charge is -2.11. The lowest BCUT2D eigenvalue weighted by atomic mass is 10.1. The minimum Gasteiger partial charge on any atom is -0.497 e. The Morgan fingerprint density at radius 2 is 1.89 bits per heavy atom. The van der Waals surface area contributed by atoms with Crippen LogP contribution >= 0.6 is 11.3 Å². The summed E-state index contributed by atoms with van der Waals surface area (Å²) in [5.74, 6) is 1.05. The van der Waals surface area contributed by atoms with Crippen LogP contribution in [0.25, 0.3) is 0 Å². The number of carbonyl (C=O) groups is 1. The molecule has 1 amide bonds. The molecule has 2 aromatic carbocycles. The van der Waals surface area contributed by atoms with E-state index in [1.165, 1.54) is 16.9 Å². The first-order valence-electron chi connectivity index (χ1n) is 8.93. The molecule has 3 aromatic rings. The van der Waals surface area contributed by atoms with Gasteiger partial charge in [-0.15, -0.1) is 11.3 Å². The fourth-order valence-electron chi connectivity index (χ4n) is 2.66. The van der Waals surface area contributed by atoms with Gasteiger partial charge in [0, 0.05) is 17.1 Å². The molecule has 0 unspecified atom stereocenters. The predicted molar refractivity (Wildman–Crippen MR) is 113 cm³/mol. The van der Waals surface area contributed by atoms with Gasteiger partial charge in [-0.25, -0.2) is 4.98 Å². The monoisotopic (exact) mass is 397 g/mol. The van der Waals surface area contributed by atoms with Gasteiger partial charge in [0.15, 0.2) is 5.13 Å². The maximum Gasteiger partial charge on any atom is 0.230 e. The second-order valence-corrected chi connectivity index (χ2v) is 6.97. The van der Waals surface area contributed by atoms with Crippen molar-refractivity contribution in [1.29, 1.82) is 0 Å². The Morgan fingerprint density at radius 3 is 2.57 bits per heavy atom. The maximum absolute atomic E-state index is 12.4. The van der Waals surface area contributed by atoms with Gasteiger partial charge in [-0.3, -0.25) is 4.79 Å². The number of benzene rings is 2. The fraction of sp³-hybridized carbons (Fsp3) is 0.238. The number of aromatic nitrogens is 1. The van der Waals surface area contributed by atoms with E-state index in [1.807, 2.05) is 17.5 Å². The van der Waals surface area contributed by atoms with Gasteiger partial charge < -0.3 is 20.1 Å². The van der Waals surface area contributed by atoms with E-state index >= 15 is 0 Å². The lowest BCUT2D eigenvalue weighted by molar-refractivity contribution is -0.115. The summed E-state index contributed by atoms with van der Waals surface area (Å²) in [6, 6.07) is 13.5. The molecule has 3 rings (SSSR count). The highest BCUT2D eigenvalue weighted by atomic mass is 32.1. The Kier molecular flexibility index (Phi) is 6.49. The van der Waals surface area contributed by atoms with Crippen molar-refractivity contribution >= 4 is 33.8 Å². The average molecular weight is 398 g/mol. The van der Waals surface area contributed by atoms with Crippen molar-refractivity contribution in [3.8, 4) is 11.5 Å². The minimum absolute atomic E-state index is 0.171. The second-order valence-electron chi connectivity index (χ2n) is 6.11. The third kappa shape index (κ3) is 5.01.